The number of imidazole rings is 1. The van der Waals surface area contributed by atoms with Gasteiger partial charge in [-0.25, -0.2) is 4.98 Å². The van der Waals surface area contributed by atoms with Crippen molar-refractivity contribution in [1.29, 1.82) is 0 Å². The molecule has 2 aromatic rings. The van der Waals surface area contributed by atoms with Crippen LogP contribution in [0.3, 0.4) is 0 Å². The first kappa shape index (κ1) is 12.5. The number of nitrogens with zero attached hydrogens (tertiary/aromatic N) is 1. The maximum atomic E-state index is 12.4. The largest absolute Gasteiger partial charge is 0.494 e. The quantitative estimate of drug-likeness (QED) is 0.912. The topological polar surface area (TPSA) is 37.9 Å². The third-order valence-electron chi connectivity index (χ3n) is 2.32. The van der Waals surface area contributed by atoms with Gasteiger partial charge >= 0.3 is 6.18 Å². The fourth-order valence-corrected chi connectivity index (χ4v) is 1.51. The van der Waals surface area contributed by atoms with Crippen molar-refractivity contribution in [3.8, 4) is 17.0 Å². The number of nitrogens with one attached hydrogen (secondary N) is 1. The summed E-state index contributed by atoms with van der Waals surface area (Å²) in [7, 11) is 0. The second-order valence-electron chi connectivity index (χ2n) is 3.60. The van der Waals surface area contributed by atoms with Gasteiger partial charge in [0.25, 0.3) is 0 Å². The lowest BCUT2D eigenvalue weighted by molar-refractivity contribution is -0.144. The normalized spacial score (nSPS) is 11.6. The molecule has 1 N–H and O–H groups in total. The van der Waals surface area contributed by atoms with Crippen molar-refractivity contribution < 1.29 is 17.9 Å². The van der Waals surface area contributed by atoms with Gasteiger partial charge in [-0.1, -0.05) is 0 Å². The minimum atomic E-state index is -4.45. The molecule has 0 aliphatic rings. The second kappa shape index (κ2) is 4.72. The Labute approximate surface area is 102 Å². The van der Waals surface area contributed by atoms with E-state index in [2.05, 4.69) is 9.97 Å². The lowest BCUT2D eigenvalue weighted by atomic mass is 10.2. The van der Waals surface area contributed by atoms with E-state index in [0.717, 1.165) is 0 Å². The zero-order valence-corrected chi connectivity index (χ0v) is 9.58. The highest BCUT2D eigenvalue weighted by Crippen LogP contribution is 2.29. The maximum absolute atomic E-state index is 12.4. The van der Waals surface area contributed by atoms with E-state index in [1.54, 1.807) is 24.3 Å². The average Bonchev–Trinajstić information content (AvgIpc) is 2.79. The van der Waals surface area contributed by atoms with Gasteiger partial charge in [-0.2, -0.15) is 13.2 Å². The molecule has 0 saturated heterocycles. The first-order chi connectivity index (χ1) is 8.50. The summed E-state index contributed by atoms with van der Waals surface area (Å²) >= 11 is 0. The minimum Gasteiger partial charge on any atom is -0.494 e. The van der Waals surface area contributed by atoms with Crippen LogP contribution in [0.5, 0.6) is 5.75 Å². The van der Waals surface area contributed by atoms with Crippen LogP contribution >= 0.6 is 0 Å². The molecule has 96 valence electrons. The van der Waals surface area contributed by atoms with Crippen molar-refractivity contribution in [2.45, 2.75) is 13.1 Å². The molecule has 0 fully saturated rings. The van der Waals surface area contributed by atoms with Gasteiger partial charge in [-0.3, -0.25) is 0 Å². The molecule has 0 aliphatic carbocycles. The number of aromatic nitrogens is 2. The van der Waals surface area contributed by atoms with E-state index in [1.165, 1.54) is 6.20 Å². The maximum Gasteiger partial charge on any atom is 0.449 e. The number of ether oxygens (including phenoxy) is 1. The third kappa shape index (κ3) is 2.64. The van der Waals surface area contributed by atoms with Crippen LogP contribution < -0.4 is 4.74 Å². The molecule has 1 aromatic heterocycles. The number of halogens is 3. The number of H-pyrrole nitrogens is 1. The lowest BCUT2D eigenvalue weighted by Gasteiger charge is -2.04. The minimum absolute atomic E-state index is 0.324. The molecule has 0 atom stereocenters. The third-order valence-corrected chi connectivity index (χ3v) is 2.32. The number of benzene rings is 1. The summed E-state index contributed by atoms with van der Waals surface area (Å²) in [5.41, 5.74) is 0.951. The molecule has 3 nitrogen and oxygen atoms in total. The number of hydrogen-bond acceptors (Lipinski definition) is 2. The predicted molar refractivity (Wildman–Crippen MR) is 60.2 cm³/mol. The first-order valence-electron chi connectivity index (χ1n) is 5.36. The van der Waals surface area contributed by atoms with Gasteiger partial charge in [0, 0.05) is 0 Å². The van der Waals surface area contributed by atoms with Crippen LogP contribution in [0.2, 0.25) is 0 Å². The van der Waals surface area contributed by atoms with E-state index in [-0.39, 0.29) is 0 Å². The summed E-state index contributed by atoms with van der Waals surface area (Å²) in [6.07, 6.45) is -3.29. The number of alkyl halides is 3. The summed E-state index contributed by atoms with van der Waals surface area (Å²) in [5, 5.41) is 0. The van der Waals surface area contributed by atoms with Gasteiger partial charge in [-0.15, -0.1) is 0 Å². The Kier molecular flexibility index (Phi) is 3.27. The van der Waals surface area contributed by atoms with Gasteiger partial charge in [0.1, 0.15) is 5.75 Å². The molecule has 0 spiro atoms. The van der Waals surface area contributed by atoms with E-state index in [9.17, 15) is 13.2 Å². The predicted octanol–water partition coefficient (Wildman–Crippen LogP) is 3.49. The zero-order chi connectivity index (χ0) is 13.2. The first-order valence-corrected chi connectivity index (χ1v) is 5.36. The van der Waals surface area contributed by atoms with Crippen molar-refractivity contribution in [3.05, 3.63) is 36.3 Å². The van der Waals surface area contributed by atoms with Crippen LogP contribution in [0.1, 0.15) is 12.7 Å². The highest BCUT2D eigenvalue weighted by molar-refractivity contribution is 5.59. The molecule has 0 unspecified atom stereocenters. The molecular formula is C12H11F3N2O. The van der Waals surface area contributed by atoms with Gasteiger partial charge in [0.15, 0.2) is 0 Å². The molecule has 6 heteroatoms. The molecule has 0 aliphatic heterocycles. The van der Waals surface area contributed by atoms with Gasteiger partial charge < -0.3 is 9.72 Å². The Bertz CT molecular complexity index is 517. The molecule has 2 rings (SSSR count). The van der Waals surface area contributed by atoms with Gasteiger partial charge in [-0.05, 0) is 36.8 Å². The van der Waals surface area contributed by atoms with E-state index in [1.807, 2.05) is 6.92 Å². The summed E-state index contributed by atoms with van der Waals surface area (Å²) in [5.74, 6) is -0.316. The smallest absolute Gasteiger partial charge is 0.449 e. The van der Waals surface area contributed by atoms with E-state index in [4.69, 9.17) is 4.74 Å². The van der Waals surface area contributed by atoms with Crippen LogP contribution in [0.25, 0.3) is 11.3 Å². The second-order valence-corrected chi connectivity index (χ2v) is 3.60. The highest BCUT2D eigenvalue weighted by Gasteiger charge is 2.34. The molecule has 0 bridgehead atoms. The van der Waals surface area contributed by atoms with E-state index < -0.39 is 12.0 Å². The molecule has 0 amide bonds. The standard InChI is InChI=1S/C12H11F3N2O/c1-2-18-9-5-3-8(4-6-9)10-7-16-11(17-10)12(13,14)15/h3-7H,2H2,1H3,(H,16,17). The van der Waals surface area contributed by atoms with E-state index in [0.29, 0.717) is 23.6 Å². The van der Waals surface area contributed by atoms with Crippen LogP contribution in [0.15, 0.2) is 30.5 Å². The Morgan fingerprint density at radius 3 is 2.39 bits per heavy atom. The Morgan fingerprint density at radius 2 is 1.89 bits per heavy atom. The fraction of sp³-hybridized carbons (Fsp3) is 0.250. The molecule has 18 heavy (non-hydrogen) atoms. The number of hydrogen-bond donors (Lipinski definition) is 1. The summed E-state index contributed by atoms with van der Waals surface area (Å²) < 4.78 is 42.4. The highest BCUT2D eigenvalue weighted by atomic mass is 19.4. The van der Waals surface area contributed by atoms with Crippen molar-refractivity contribution in [3.63, 3.8) is 0 Å². The molecule has 1 heterocycles. The van der Waals surface area contributed by atoms with Gasteiger partial charge in [0.05, 0.1) is 18.5 Å². The Balaban J connectivity index is 2.23. The lowest BCUT2D eigenvalue weighted by Crippen LogP contribution is -2.07. The monoisotopic (exact) mass is 256 g/mol. The molecular weight excluding hydrogens is 245 g/mol. The molecule has 0 saturated carbocycles. The molecule has 0 radical (unpaired) electrons. The summed E-state index contributed by atoms with van der Waals surface area (Å²) in [6.45, 7) is 2.40. The summed E-state index contributed by atoms with van der Waals surface area (Å²) in [4.78, 5) is 5.55. The number of aromatic amines is 1. The Hall–Kier alpha value is -1.98. The van der Waals surface area contributed by atoms with E-state index >= 15 is 0 Å². The van der Waals surface area contributed by atoms with Crippen molar-refractivity contribution in [2.75, 3.05) is 6.61 Å². The van der Waals surface area contributed by atoms with Crippen LogP contribution in [-0.4, -0.2) is 16.6 Å². The van der Waals surface area contributed by atoms with Crippen molar-refractivity contribution in [1.82, 2.24) is 9.97 Å². The van der Waals surface area contributed by atoms with Crippen LogP contribution in [-0.2, 0) is 6.18 Å². The van der Waals surface area contributed by atoms with Crippen LogP contribution in [0, 0.1) is 0 Å². The zero-order valence-electron chi connectivity index (χ0n) is 9.58. The summed E-state index contributed by atoms with van der Waals surface area (Å²) in [6, 6.07) is 6.76. The van der Waals surface area contributed by atoms with Crippen molar-refractivity contribution >= 4 is 0 Å². The SMILES string of the molecule is CCOc1ccc(-c2cnc(C(F)(F)F)[nH]2)cc1. The fourth-order valence-electron chi connectivity index (χ4n) is 1.51. The Morgan fingerprint density at radius 1 is 1.22 bits per heavy atom. The average molecular weight is 256 g/mol. The van der Waals surface area contributed by atoms with Crippen molar-refractivity contribution in [2.24, 2.45) is 0 Å². The van der Waals surface area contributed by atoms with Gasteiger partial charge in [0.2, 0.25) is 5.82 Å². The molecule has 1 aromatic carbocycles. The van der Waals surface area contributed by atoms with Crippen LogP contribution in [0.4, 0.5) is 13.2 Å². The number of rotatable bonds is 3.